The second-order valence-electron chi connectivity index (χ2n) is 4.56. The van der Waals surface area contributed by atoms with Crippen molar-refractivity contribution in [2.24, 2.45) is 0 Å². The molecule has 1 aromatic rings. The molecule has 2 heterocycles. The standard InChI is InChI=1S/C13H16N2O2/c16-13-7-14-5-6-15(13)8-10-9-17-12-4-2-1-3-11(10)12/h1-4,10,14H,5-9H2. The zero-order chi connectivity index (χ0) is 11.7. The summed E-state index contributed by atoms with van der Waals surface area (Å²) in [7, 11) is 0. The predicted molar refractivity (Wildman–Crippen MR) is 64.1 cm³/mol. The van der Waals surface area contributed by atoms with Crippen LogP contribution in [0.5, 0.6) is 5.75 Å². The topological polar surface area (TPSA) is 41.6 Å². The van der Waals surface area contributed by atoms with Gasteiger partial charge in [0.2, 0.25) is 5.91 Å². The Bertz CT molecular complexity index is 433. The van der Waals surface area contributed by atoms with Crippen molar-refractivity contribution in [1.29, 1.82) is 0 Å². The maximum Gasteiger partial charge on any atom is 0.236 e. The lowest BCUT2D eigenvalue weighted by Gasteiger charge is -2.29. The Morgan fingerprint density at radius 2 is 2.29 bits per heavy atom. The van der Waals surface area contributed by atoms with Crippen molar-refractivity contribution in [2.75, 3.05) is 32.8 Å². The number of rotatable bonds is 2. The number of hydrogen-bond acceptors (Lipinski definition) is 3. The Hall–Kier alpha value is -1.55. The van der Waals surface area contributed by atoms with Crippen molar-refractivity contribution < 1.29 is 9.53 Å². The molecule has 1 fully saturated rings. The first-order valence-electron chi connectivity index (χ1n) is 6.05. The van der Waals surface area contributed by atoms with Gasteiger partial charge in [0.1, 0.15) is 5.75 Å². The van der Waals surface area contributed by atoms with E-state index in [1.807, 2.05) is 23.1 Å². The van der Waals surface area contributed by atoms with E-state index in [4.69, 9.17) is 4.74 Å². The molecule has 0 bridgehead atoms. The lowest BCUT2D eigenvalue weighted by molar-refractivity contribution is -0.132. The molecule has 0 radical (unpaired) electrons. The number of hydrogen-bond donors (Lipinski definition) is 1. The van der Waals surface area contributed by atoms with E-state index in [0.717, 1.165) is 25.4 Å². The lowest BCUT2D eigenvalue weighted by Crippen LogP contribution is -2.49. The number of nitrogens with one attached hydrogen (secondary N) is 1. The van der Waals surface area contributed by atoms with Crippen LogP contribution in [0.15, 0.2) is 24.3 Å². The SMILES string of the molecule is O=C1CNCCN1CC1COc2ccccc21. The summed E-state index contributed by atoms with van der Waals surface area (Å²) in [5, 5.41) is 3.09. The minimum Gasteiger partial charge on any atom is -0.493 e. The van der Waals surface area contributed by atoms with Crippen molar-refractivity contribution in [1.82, 2.24) is 10.2 Å². The van der Waals surface area contributed by atoms with Crippen LogP contribution in [0, 0.1) is 0 Å². The molecule has 1 N–H and O–H groups in total. The van der Waals surface area contributed by atoms with E-state index in [1.54, 1.807) is 0 Å². The summed E-state index contributed by atoms with van der Waals surface area (Å²) in [6, 6.07) is 8.10. The molecule has 0 saturated carbocycles. The zero-order valence-electron chi connectivity index (χ0n) is 9.69. The molecule has 4 heteroatoms. The minimum absolute atomic E-state index is 0.195. The highest BCUT2D eigenvalue weighted by atomic mass is 16.5. The summed E-state index contributed by atoms with van der Waals surface area (Å²) in [4.78, 5) is 13.7. The van der Waals surface area contributed by atoms with Gasteiger partial charge in [0, 0.05) is 31.1 Å². The Balaban J connectivity index is 1.72. The van der Waals surface area contributed by atoms with Gasteiger partial charge < -0.3 is 15.0 Å². The Morgan fingerprint density at radius 1 is 1.41 bits per heavy atom. The van der Waals surface area contributed by atoms with Crippen LogP contribution in [0.3, 0.4) is 0 Å². The molecule has 2 aliphatic heterocycles. The van der Waals surface area contributed by atoms with Gasteiger partial charge >= 0.3 is 0 Å². The zero-order valence-corrected chi connectivity index (χ0v) is 9.69. The molecule has 1 unspecified atom stereocenters. The van der Waals surface area contributed by atoms with Crippen molar-refractivity contribution in [3.63, 3.8) is 0 Å². The van der Waals surface area contributed by atoms with Crippen LogP contribution in [0.1, 0.15) is 11.5 Å². The minimum atomic E-state index is 0.195. The summed E-state index contributed by atoms with van der Waals surface area (Å²) >= 11 is 0. The van der Waals surface area contributed by atoms with Crippen LogP contribution in [0.25, 0.3) is 0 Å². The summed E-state index contributed by atoms with van der Waals surface area (Å²) < 4.78 is 5.63. The second-order valence-corrected chi connectivity index (χ2v) is 4.56. The molecule has 1 saturated heterocycles. The third-order valence-electron chi connectivity index (χ3n) is 3.43. The molecule has 1 aromatic carbocycles. The maximum atomic E-state index is 11.7. The molecule has 3 rings (SSSR count). The first-order chi connectivity index (χ1) is 8.34. The highest BCUT2D eigenvalue weighted by Crippen LogP contribution is 2.33. The van der Waals surface area contributed by atoms with Crippen LogP contribution in [0.2, 0.25) is 0 Å². The van der Waals surface area contributed by atoms with E-state index < -0.39 is 0 Å². The molecule has 90 valence electrons. The van der Waals surface area contributed by atoms with Crippen LogP contribution >= 0.6 is 0 Å². The monoisotopic (exact) mass is 232 g/mol. The Morgan fingerprint density at radius 3 is 3.18 bits per heavy atom. The summed E-state index contributed by atoms with van der Waals surface area (Å²) in [6.07, 6.45) is 0. The average molecular weight is 232 g/mol. The quantitative estimate of drug-likeness (QED) is 0.811. The number of carbonyl (C=O) groups is 1. The van der Waals surface area contributed by atoms with Gasteiger partial charge in [-0.3, -0.25) is 4.79 Å². The highest BCUT2D eigenvalue weighted by Gasteiger charge is 2.28. The largest absolute Gasteiger partial charge is 0.493 e. The number of piperazine rings is 1. The molecule has 1 atom stereocenters. The molecule has 0 aromatic heterocycles. The first-order valence-corrected chi connectivity index (χ1v) is 6.05. The van der Waals surface area contributed by atoms with Crippen LogP contribution in [-0.2, 0) is 4.79 Å². The maximum absolute atomic E-state index is 11.7. The fourth-order valence-corrected chi connectivity index (χ4v) is 2.49. The molecular formula is C13H16N2O2. The number of amides is 1. The summed E-state index contributed by atoms with van der Waals surface area (Å²) in [5.41, 5.74) is 1.24. The number of para-hydroxylation sites is 1. The van der Waals surface area contributed by atoms with Gasteiger partial charge in [-0.25, -0.2) is 0 Å². The number of ether oxygens (including phenoxy) is 1. The van der Waals surface area contributed by atoms with E-state index in [0.29, 0.717) is 19.1 Å². The predicted octanol–water partition coefficient (Wildman–Crippen LogP) is 0.594. The van der Waals surface area contributed by atoms with Gasteiger partial charge in [-0.15, -0.1) is 0 Å². The van der Waals surface area contributed by atoms with Crippen LogP contribution in [0.4, 0.5) is 0 Å². The van der Waals surface area contributed by atoms with E-state index >= 15 is 0 Å². The summed E-state index contributed by atoms with van der Waals surface area (Å²) in [5.74, 6) is 1.49. The van der Waals surface area contributed by atoms with Crippen LogP contribution < -0.4 is 10.1 Å². The average Bonchev–Trinajstić information content (AvgIpc) is 2.76. The fourth-order valence-electron chi connectivity index (χ4n) is 2.49. The third-order valence-corrected chi connectivity index (χ3v) is 3.43. The first kappa shape index (κ1) is 10.6. The number of benzene rings is 1. The smallest absolute Gasteiger partial charge is 0.236 e. The van der Waals surface area contributed by atoms with Gasteiger partial charge in [0.25, 0.3) is 0 Å². The number of nitrogens with zero attached hydrogens (tertiary/aromatic N) is 1. The number of fused-ring (bicyclic) bond motifs is 1. The Kier molecular flexibility index (Phi) is 2.73. The molecule has 1 amide bonds. The molecule has 0 spiro atoms. The van der Waals surface area contributed by atoms with E-state index in [1.165, 1.54) is 5.56 Å². The fraction of sp³-hybridized carbons (Fsp3) is 0.462. The van der Waals surface area contributed by atoms with E-state index in [9.17, 15) is 4.79 Å². The van der Waals surface area contributed by atoms with E-state index in [-0.39, 0.29) is 5.91 Å². The normalized spacial score (nSPS) is 23.4. The second kappa shape index (κ2) is 4.37. The van der Waals surface area contributed by atoms with Gasteiger partial charge in [-0.1, -0.05) is 18.2 Å². The van der Waals surface area contributed by atoms with Gasteiger partial charge in [-0.05, 0) is 6.07 Å². The van der Waals surface area contributed by atoms with Crippen molar-refractivity contribution in [3.8, 4) is 5.75 Å². The lowest BCUT2D eigenvalue weighted by atomic mass is 10.0. The highest BCUT2D eigenvalue weighted by molar-refractivity contribution is 5.79. The number of carbonyl (C=O) groups excluding carboxylic acids is 1. The summed E-state index contributed by atoms with van der Waals surface area (Å²) in [6.45, 7) is 3.63. The van der Waals surface area contributed by atoms with Crippen molar-refractivity contribution in [3.05, 3.63) is 29.8 Å². The van der Waals surface area contributed by atoms with Gasteiger partial charge in [0.15, 0.2) is 0 Å². The van der Waals surface area contributed by atoms with Crippen molar-refractivity contribution >= 4 is 5.91 Å². The molecular weight excluding hydrogens is 216 g/mol. The van der Waals surface area contributed by atoms with Gasteiger partial charge in [0.05, 0.1) is 13.2 Å². The van der Waals surface area contributed by atoms with Gasteiger partial charge in [-0.2, -0.15) is 0 Å². The van der Waals surface area contributed by atoms with Crippen LogP contribution in [-0.4, -0.2) is 43.6 Å². The Labute approximate surface area is 101 Å². The molecule has 2 aliphatic rings. The van der Waals surface area contributed by atoms with Crippen molar-refractivity contribution in [2.45, 2.75) is 5.92 Å². The molecule has 4 nitrogen and oxygen atoms in total. The molecule has 0 aliphatic carbocycles. The van der Waals surface area contributed by atoms with E-state index in [2.05, 4.69) is 11.4 Å². The third kappa shape index (κ3) is 2.00. The molecule has 17 heavy (non-hydrogen) atoms.